The molecule has 2 aliphatic heterocycles. The van der Waals surface area contributed by atoms with Crippen LogP contribution >= 0.6 is 41.5 Å². The zero-order chi connectivity index (χ0) is 9.31. The van der Waals surface area contributed by atoms with E-state index in [1.807, 2.05) is 23.5 Å². The minimum atomic E-state index is -2.22. The Morgan fingerprint density at radius 1 is 1.23 bits per heavy atom. The molecule has 2 aliphatic rings. The summed E-state index contributed by atoms with van der Waals surface area (Å²) in [6.07, 6.45) is 0. The Bertz CT molecular complexity index is 209. The number of rotatable bonds is 6. The highest BCUT2D eigenvalue weighted by molar-refractivity contribution is 8.60. The molecule has 13 heavy (non-hydrogen) atoms. The van der Waals surface area contributed by atoms with Gasteiger partial charge in [0.15, 0.2) is 0 Å². The van der Waals surface area contributed by atoms with Crippen LogP contribution in [0.1, 0.15) is 0 Å². The van der Waals surface area contributed by atoms with Gasteiger partial charge >= 0.3 is 0 Å². The normalized spacial score (nSPS) is 35.5. The molecule has 0 bridgehead atoms. The molecule has 0 spiro atoms. The molecule has 2 unspecified atom stereocenters. The summed E-state index contributed by atoms with van der Waals surface area (Å²) in [4.78, 5) is 0. The van der Waals surface area contributed by atoms with Gasteiger partial charge in [-0.25, -0.2) is 0 Å². The predicted octanol–water partition coefficient (Wildman–Crippen LogP) is 2.40. The summed E-state index contributed by atoms with van der Waals surface area (Å²) < 4.78 is 10.9. The fourth-order valence-electron chi connectivity index (χ4n) is 0.720. The van der Waals surface area contributed by atoms with E-state index >= 15 is 0 Å². The molecule has 0 aromatic heterocycles. The largest absolute Gasteiger partial charge is 0.321 e. The van der Waals surface area contributed by atoms with Crippen molar-refractivity contribution in [2.24, 2.45) is 0 Å². The summed E-state index contributed by atoms with van der Waals surface area (Å²) >= 11 is 13.2. The van der Waals surface area contributed by atoms with Crippen LogP contribution in [0, 0.1) is 0 Å². The van der Waals surface area contributed by atoms with Crippen molar-refractivity contribution in [3.8, 4) is 0 Å². The van der Waals surface area contributed by atoms with E-state index in [4.69, 9.17) is 20.9 Å². The van der Waals surface area contributed by atoms with Gasteiger partial charge in [0, 0.05) is 22.0 Å². The van der Waals surface area contributed by atoms with Crippen molar-refractivity contribution >= 4 is 53.3 Å². The highest BCUT2D eigenvalue weighted by atomic mass is 32.9. The van der Waals surface area contributed by atoms with Crippen molar-refractivity contribution in [3.05, 3.63) is 0 Å². The SMILES string of the molecule is S=P(S)(OCC1CS1)OCC1CS1. The summed E-state index contributed by atoms with van der Waals surface area (Å²) in [5.41, 5.74) is -2.22. The average molecular weight is 274 g/mol. The first kappa shape index (κ1) is 11.1. The molecule has 2 rings (SSSR count). The topological polar surface area (TPSA) is 18.5 Å². The third-order valence-corrected chi connectivity index (χ3v) is 5.81. The van der Waals surface area contributed by atoms with Crippen LogP contribution in [0.4, 0.5) is 0 Å². The van der Waals surface area contributed by atoms with E-state index in [0.717, 1.165) is 0 Å². The maximum absolute atomic E-state index is 5.47. The quantitative estimate of drug-likeness (QED) is 0.454. The second-order valence-electron chi connectivity index (χ2n) is 2.97. The number of thioether (sulfide) groups is 2. The predicted molar refractivity (Wildman–Crippen MR) is 67.7 cm³/mol. The zero-order valence-electron chi connectivity index (χ0n) is 6.92. The van der Waals surface area contributed by atoms with E-state index in [1.165, 1.54) is 11.5 Å². The van der Waals surface area contributed by atoms with E-state index in [2.05, 4.69) is 12.2 Å². The fraction of sp³-hybridized carbons (Fsp3) is 1.00. The highest BCUT2D eigenvalue weighted by Crippen LogP contribution is 2.55. The van der Waals surface area contributed by atoms with Gasteiger partial charge in [0.1, 0.15) is 0 Å². The van der Waals surface area contributed by atoms with E-state index in [1.54, 1.807) is 0 Å². The first-order valence-electron chi connectivity index (χ1n) is 4.01. The first-order chi connectivity index (χ1) is 6.16. The van der Waals surface area contributed by atoms with Crippen molar-refractivity contribution < 1.29 is 9.05 Å². The zero-order valence-corrected chi connectivity index (χ0v) is 11.2. The molecule has 0 aromatic rings. The van der Waals surface area contributed by atoms with Crippen molar-refractivity contribution in [1.29, 1.82) is 0 Å². The van der Waals surface area contributed by atoms with Crippen molar-refractivity contribution in [1.82, 2.24) is 0 Å². The Hall–Kier alpha value is 1.62. The lowest BCUT2D eigenvalue weighted by Gasteiger charge is -2.15. The summed E-state index contributed by atoms with van der Waals surface area (Å²) in [6.45, 7) is 1.42. The van der Waals surface area contributed by atoms with Gasteiger partial charge in [-0.2, -0.15) is 23.5 Å². The molecule has 0 aromatic carbocycles. The van der Waals surface area contributed by atoms with Crippen LogP contribution in [-0.2, 0) is 20.9 Å². The lowest BCUT2D eigenvalue weighted by molar-refractivity contribution is 0.271. The van der Waals surface area contributed by atoms with Gasteiger partial charge in [0.2, 0.25) is 5.69 Å². The molecule has 2 nitrogen and oxygen atoms in total. The molecule has 2 fully saturated rings. The van der Waals surface area contributed by atoms with Gasteiger partial charge in [0.05, 0.1) is 13.2 Å². The van der Waals surface area contributed by atoms with Gasteiger partial charge < -0.3 is 9.05 Å². The van der Waals surface area contributed by atoms with Crippen molar-refractivity contribution in [3.63, 3.8) is 0 Å². The van der Waals surface area contributed by atoms with E-state index in [0.29, 0.717) is 23.7 Å². The molecule has 0 N–H and O–H groups in total. The second kappa shape index (κ2) is 4.64. The summed E-state index contributed by atoms with van der Waals surface area (Å²) in [5.74, 6) is 2.39. The van der Waals surface area contributed by atoms with E-state index in [-0.39, 0.29) is 0 Å². The molecule has 0 radical (unpaired) electrons. The Labute approximate surface area is 97.2 Å². The number of hydrogen-bond donors (Lipinski definition) is 1. The second-order valence-corrected chi connectivity index (χ2v) is 10.9. The third-order valence-electron chi connectivity index (χ3n) is 1.65. The van der Waals surface area contributed by atoms with Crippen molar-refractivity contribution in [2.45, 2.75) is 10.5 Å². The monoisotopic (exact) mass is 274 g/mol. The maximum atomic E-state index is 5.47. The lowest BCUT2D eigenvalue weighted by atomic mass is 10.5. The molecule has 2 atom stereocenters. The van der Waals surface area contributed by atoms with Crippen LogP contribution in [0.25, 0.3) is 0 Å². The Balaban J connectivity index is 1.63. The minimum Gasteiger partial charge on any atom is -0.321 e. The molecule has 0 saturated carbocycles. The molecule has 76 valence electrons. The average Bonchev–Trinajstić information content (AvgIpc) is 2.92. The van der Waals surface area contributed by atoms with Gasteiger partial charge in [-0.15, -0.1) is 0 Å². The highest BCUT2D eigenvalue weighted by Gasteiger charge is 2.28. The van der Waals surface area contributed by atoms with Gasteiger partial charge in [-0.05, 0) is 11.8 Å². The van der Waals surface area contributed by atoms with Crippen LogP contribution in [0.15, 0.2) is 0 Å². The van der Waals surface area contributed by atoms with Crippen LogP contribution in [0.5, 0.6) is 0 Å². The Morgan fingerprint density at radius 3 is 1.92 bits per heavy atom. The van der Waals surface area contributed by atoms with Gasteiger partial charge in [-0.1, -0.05) is 12.2 Å². The summed E-state index contributed by atoms with van der Waals surface area (Å²) in [7, 11) is 0. The maximum Gasteiger partial charge on any atom is 0.244 e. The minimum absolute atomic E-state index is 0.647. The fourth-order valence-corrected chi connectivity index (χ4v) is 3.29. The van der Waals surface area contributed by atoms with E-state index in [9.17, 15) is 0 Å². The third kappa shape index (κ3) is 4.78. The molecule has 0 amide bonds. The van der Waals surface area contributed by atoms with Crippen LogP contribution in [0.2, 0.25) is 0 Å². The summed E-state index contributed by atoms with van der Waals surface area (Å²) in [5, 5.41) is 1.29. The molecular weight excluding hydrogens is 263 g/mol. The van der Waals surface area contributed by atoms with Gasteiger partial charge in [-0.3, -0.25) is 0 Å². The molecule has 7 heteroatoms. The Morgan fingerprint density at radius 2 is 1.62 bits per heavy atom. The smallest absolute Gasteiger partial charge is 0.244 e. The molecular formula is C6H11O2PS4. The lowest BCUT2D eigenvalue weighted by Crippen LogP contribution is -2.01. The molecule has 2 saturated heterocycles. The van der Waals surface area contributed by atoms with Crippen LogP contribution < -0.4 is 0 Å². The number of hydrogen-bond acceptors (Lipinski definition) is 5. The molecule has 2 heterocycles. The summed E-state index contributed by atoms with van der Waals surface area (Å²) in [6, 6.07) is 0. The van der Waals surface area contributed by atoms with Crippen LogP contribution in [-0.4, -0.2) is 35.2 Å². The van der Waals surface area contributed by atoms with E-state index < -0.39 is 5.69 Å². The molecule has 0 aliphatic carbocycles. The van der Waals surface area contributed by atoms with Crippen molar-refractivity contribution in [2.75, 3.05) is 24.7 Å². The number of thiol groups is 1. The Kier molecular flexibility index (Phi) is 3.97. The standard InChI is InChI=1S/C6H11O2PS4/c10-9(11,7-1-5-3-12-5)8-2-6-4-13-6/h5-6H,1-4H2,(H,10,11). The van der Waals surface area contributed by atoms with Gasteiger partial charge in [0.25, 0.3) is 0 Å². The first-order valence-corrected chi connectivity index (χ1v) is 9.90. The van der Waals surface area contributed by atoms with Crippen LogP contribution in [0.3, 0.4) is 0 Å².